The van der Waals surface area contributed by atoms with E-state index in [0.29, 0.717) is 37.9 Å². The predicted octanol–water partition coefficient (Wildman–Crippen LogP) is 1.96. The Labute approximate surface area is 167 Å². The highest BCUT2D eigenvalue weighted by Gasteiger charge is 2.25. The third-order valence-corrected chi connectivity index (χ3v) is 4.62. The first-order chi connectivity index (χ1) is 14.2. The van der Waals surface area contributed by atoms with E-state index in [1.807, 2.05) is 41.4 Å². The molecule has 1 aliphatic heterocycles. The maximum Gasteiger partial charge on any atom is 0.360 e. The molecule has 0 N–H and O–H groups in total. The highest BCUT2D eigenvalue weighted by Crippen LogP contribution is 2.34. The topological polar surface area (TPSA) is 91.6 Å². The lowest BCUT2D eigenvalue weighted by Crippen LogP contribution is -2.37. The fraction of sp³-hybridized carbons (Fsp3) is 0.300. The van der Waals surface area contributed by atoms with Gasteiger partial charge in [-0.25, -0.2) is 19.4 Å². The largest absolute Gasteiger partial charge is 0.492 e. The van der Waals surface area contributed by atoms with Crippen LogP contribution >= 0.6 is 0 Å². The number of hydrogen-bond acceptors (Lipinski definition) is 8. The van der Waals surface area contributed by atoms with Crippen LogP contribution in [0.15, 0.2) is 42.7 Å². The highest BCUT2D eigenvalue weighted by molar-refractivity contribution is 5.93. The molecule has 1 saturated heterocycles. The Balaban J connectivity index is 1.86. The minimum absolute atomic E-state index is 0.0889. The van der Waals surface area contributed by atoms with Crippen molar-refractivity contribution >= 4 is 11.9 Å². The molecule has 0 bridgehead atoms. The fourth-order valence-corrected chi connectivity index (χ4v) is 3.18. The Kier molecular flexibility index (Phi) is 5.39. The summed E-state index contributed by atoms with van der Waals surface area (Å²) in [6.45, 7) is 2.43. The average Bonchev–Trinajstić information content (AvgIpc) is 3.33. The minimum atomic E-state index is -0.580. The number of aromatic nitrogens is 4. The van der Waals surface area contributed by atoms with E-state index >= 15 is 0 Å². The van der Waals surface area contributed by atoms with Crippen LogP contribution in [0.3, 0.4) is 0 Å². The van der Waals surface area contributed by atoms with Gasteiger partial charge in [-0.1, -0.05) is 12.1 Å². The first-order valence-corrected chi connectivity index (χ1v) is 9.18. The van der Waals surface area contributed by atoms with Crippen LogP contribution in [-0.2, 0) is 9.47 Å². The number of morpholine rings is 1. The van der Waals surface area contributed by atoms with E-state index < -0.39 is 5.97 Å². The molecule has 9 heteroatoms. The maximum absolute atomic E-state index is 12.4. The number of carbonyl (C=O) groups excluding carboxylic acids is 1. The van der Waals surface area contributed by atoms with Crippen LogP contribution in [0, 0.1) is 0 Å². The molecule has 29 heavy (non-hydrogen) atoms. The molecule has 2 aromatic heterocycles. The summed E-state index contributed by atoms with van der Waals surface area (Å²) in [5.41, 5.74) is 2.24. The summed E-state index contributed by atoms with van der Waals surface area (Å²) < 4.78 is 17.6. The monoisotopic (exact) mass is 395 g/mol. The molecule has 9 nitrogen and oxygen atoms in total. The highest BCUT2D eigenvalue weighted by atomic mass is 16.5. The van der Waals surface area contributed by atoms with Crippen LogP contribution in [-0.4, -0.2) is 66.2 Å². The Bertz CT molecular complexity index is 1000. The molecule has 0 atom stereocenters. The number of ether oxygens (including phenoxy) is 3. The van der Waals surface area contributed by atoms with Gasteiger partial charge in [-0.15, -0.1) is 0 Å². The lowest BCUT2D eigenvalue weighted by molar-refractivity contribution is 0.0590. The Morgan fingerprint density at radius 2 is 1.97 bits per heavy atom. The third kappa shape index (κ3) is 3.77. The van der Waals surface area contributed by atoms with Crippen LogP contribution in [0.5, 0.6) is 5.75 Å². The maximum atomic E-state index is 12.4. The van der Waals surface area contributed by atoms with E-state index in [-0.39, 0.29) is 11.4 Å². The lowest BCUT2D eigenvalue weighted by atomic mass is 10.1. The van der Waals surface area contributed by atoms with Gasteiger partial charge >= 0.3 is 5.97 Å². The molecule has 0 spiro atoms. The van der Waals surface area contributed by atoms with Crippen LogP contribution < -0.4 is 9.64 Å². The molecule has 4 rings (SSSR count). The summed E-state index contributed by atoms with van der Waals surface area (Å²) in [6, 6.07) is 9.53. The molecular weight excluding hydrogens is 374 g/mol. The van der Waals surface area contributed by atoms with Crippen LogP contribution in [0.25, 0.3) is 16.9 Å². The van der Waals surface area contributed by atoms with E-state index in [0.717, 1.165) is 11.3 Å². The Hall–Kier alpha value is -3.46. The first kappa shape index (κ1) is 18.9. The minimum Gasteiger partial charge on any atom is -0.492 e. The first-order valence-electron chi connectivity index (χ1n) is 9.18. The summed E-state index contributed by atoms with van der Waals surface area (Å²) >= 11 is 0. The van der Waals surface area contributed by atoms with Crippen molar-refractivity contribution in [2.24, 2.45) is 0 Å². The zero-order valence-corrected chi connectivity index (χ0v) is 16.2. The predicted molar refractivity (Wildman–Crippen MR) is 106 cm³/mol. The van der Waals surface area contributed by atoms with E-state index in [2.05, 4.69) is 10.1 Å². The van der Waals surface area contributed by atoms with Gasteiger partial charge in [0.15, 0.2) is 11.4 Å². The van der Waals surface area contributed by atoms with E-state index in [9.17, 15) is 4.79 Å². The standard InChI is InChI=1S/C20H21N5O4/c1-27-18-16(14-5-3-6-15(13-14)25-8-4-7-21-25)22-20(23-17(18)19(26)28-2)24-9-11-29-12-10-24/h3-8,13H,9-12H2,1-2H3. The van der Waals surface area contributed by atoms with Crippen molar-refractivity contribution in [3.8, 4) is 22.7 Å². The average molecular weight is 395 g/mol. The van der Waals surface area contributed by atoms with Gasteiger partial charge in [0.05, 0.1) is 33.1 Å². The van der Waals surface area contributed by atoms with Gasteiger partial charge in [-0.3, -0.25) is 0 Å². The van der Waals surface area contributed by atoms with Crippen molar-refractivity contribution in [3.05, 3.63) is 48.4 Å². The summed E-state index contributed by atoms with van der Waals surface area (Å²) in [4.78, 5) is 23.6. The number of methoxy groups -OCH3 is 2. The SMILES string of the molecule is COC(=O)c1nc(N2CCOCC2)nc(-c2cccc(-n3cccn3)c2)c1OC. The van der Waals surface area contributed by atoms with Crippen molar-refractivity contribution in [1.29, 1.82) is 0 Å². The van der Waals surface area contributed by atoms with Gasteiger partial charge in [0.1, 0.15) is 5.69 Å². The molecule has 0 saturated carbocycles. The molecule has 0 radical (unpaired) electrons. The number of rotatable bonds is 5. The molecule has 1 aliphatic rings. The van der Waals surface area contributed by atoms with Crippen molar-refractivity contribution in [2.45, 2.75) is 0 Å². The Morgan fingerprint density at radius 1 is 1.14 bits per heavy atom. The number of anilines is 1. The van der Waals surface area contributed by atoms with Gasteiger partial charge in [0, 0.05) is 31.0 Å². The second-order valence-corrected chi connectivity index (χ2v) is 6.35. The molecule has 3 heterocycles. The quantitative estimate of drug-likeness (QED) is 0.606. The zero-order chi connectivity index (χ0) is 20.2. The Morgan fingerprint density at radius 3 is 2.66 bits per heavy atom. The summed E-state index contributed by atoms with van der Waals surface area (Å²) in [7, 11) is 2.80. The van der Waals surface area contributed by atoms with Crippen molar-refractivity contribution in [1.82, 2.24) is 19.7 Å². The summed E-state index contributed by atoms with van der Waals surface area (Å²) in [6.07, 6.45) is 3.57. The molecule has 1 fully saturated rings. The number of hydrogen-bond donors (Lipinski definition) is 0. The van der Waals surface area contributed by atoms with Crippen molar-refractivity contribution in [3.63, 3.8) is 0 Å². The molecular formula is C20H21N5O4. The summed E-state index contributed by atoms with van der Waals surface area (Å²) in [5, 5.41) is 4.27. The molecule has 1 aromatic carbocycles. The van der Waals surface area contributed by atoms with Gasteiger partial charge < -0.3 is 19.1 Å². The molecule has 0 amide bonds. The zero-order valence-electron chi connectivity index (χ0n) is 16.2. The van der Waals surface area contributed by atoms with Gasteiger partial charge in [-0.2, -0.15) is 5.10 Å². The molecule has 3 aromatic rings. The van der Waals surface area contributed by atoms with E-state index in [1.54, 1.807) is 10.9 Å². The van der Waals surface area contributed by atoms with Gasteiger partial charge in [-0.05, 0) is 18.2 Å². The lowest BCUT2D eigenvalue weighted by Gasteiger charge is -2.27. The second kappa shape index (κ2) is 8.27. The number of benzene rings is 1. The number of carbonyl (C=O) groups is 1. The van der Waals surface area contributed by atoms with Crippen molar-refractivity contribution in [2.75, 3.05) is 45.4 Å². The number of nitrogens with zero attached hydrogens (tertiary/aromatic N) is 5. The fourth-order valence-electron chi connectivity index (χ4n) is 3.18. The van der Waals surface area contributed by atoms with Gasteiger partial charge in [0.2, 0.25) is 5.95 Å². The summed E-state index contributed by atoms with van der Waals surface area (Å²) in [5.74, 6) is 0.128. The molecule has 150 valence electrons. The van der Waals surface area contributed by atoms with Crippen LogP contribution in [0.4, 0.5) is 5.95 Å². The van der Waals surface area contributed by atoms with Crippen LogP contribution in [0.2, 0.25) is 0 Å². The third-order valence-electron chi connectivity index (χ3n) is 4.62. The molecule has 0 unspecified atom stereocenters. The van der Waals surface area contributed by atoms with Crippen molar-refractivity contribution < 1.29 is 19.0 Å². The molecule has 0 aliphatic carbocycles. The second-order valence-electron chi connectivity index (χ2n) is 6.35. The normalized spacial score (nSPS) is 13.9. The smallest absolute Gasteiger partial charge is 0.360 e. The van der Waals surface area contributed by atoms with E-state index in [4.69, 9.17) is 19.2 Å². The van der Waals surface area contributed by atoms with Gasteiger partial charge in [0.25, 0.3) is 0 Å². The van der Waals surface area contributed by atoms with Crippen LogP contribution in [0.1, 0.15) is 10.5 Å². The number of esters is 1. The van der Waals surface area contributed by atoms with E-state index in [1.165, 1.54) is 14.2 Å².